The van der Waals surface area contributed by atoms with Crippen molar-refractivity contribution >= 4 is 11.9 Å². The van der Waals surface area contributed by atoms with E-state index in [0.29, 0.717) is 32.8 Å². The molecule has 1 saturated heterocycles. The Bertz CT molecular complexity index is 264. The minimum Gasteiger partial charge on any atom is -0.378 e. The van der Waals surface area contributed by atoms with Gasteiger partial charge in [-0.25, -0.2) is 4.79 Å². The summed E-state index contributed by atoms with van der Waals surface area (Å²) in [5, 5.41) is 8.45. The molecule has 0 aliphatic carbocycles. The van der Waals surface area contributed by atoms with Gasteiger partial charge in [0.2, 0.25) is 5.91 Å². The molecule has 3 N–H and O–H groups in total. The van der Waals surface area contributed by atoms with E-state index >= 15 is 0 Å². The second-order valence-electron chi connectivity index (χ2n) is 4.00. The van der Waals surface area contributed by atoms with E-state index in [-0.39, 0.29) is 18.0 Å². The van der Waals surface area contributed by atoms with E-state index in [1.165, 1.54) is 4.90 Å². The van der Waals surface area contributed by atoms with Crippen LogP contribution in [0.5, 0.6) is 0 Å². The minimum absolute atomic E-state index is 0.0937. The fraction of sp³-hybridized carbons (Fsp3) is 0.800. The van der Waals surface area contributed by atoms with E-state index < -0.39 is 0 Å². The molecule has 0 bridgehead atoms. The number of ether oxygens (including phenoxy) is 1. The Morgan fingerprint density at radius 3 is 2.65 bits per heavy atom. The van der Waals surface area contributed by atoms with Gasteiger partial charge in [0.1, 0.15) is 6.04 Å². The lowest BCUT2D eigenvalue weighted by molar-refractivity contribution is -0.125. The van der Waals surface area contributed by atoms with Crippen molar-refractivity contribution in [1.29, 1.82) is 0 Å². The average molecular weight is 244 g/mol. The second kappa shape index (κ2) is 7.08. The summed E-state index contributed by atoms with van der Waals surface area (Å²) in [6, 6.07) is -0.452. The molecule has 1 rings (SSSR count). The first-order valence-corrected chi connectivity index (χ1v) is 5.65. The molecule has 0 aromatic heterocycles. The molecule has 98 valence electrons. The van der Waals surface area contributed by atoms with Crippen molar-refractivity contribution in [2.24, 2.45) is 0 Å². The Balaban J connectivity index is 2.09. The van der Waals surface area contributed by atoms with Crippen molar-refractivity contribution in [3.8, 4) is 0 Å². The zero-order valence-corrected chi connectivity index (χ0v) is 10.3. The molecule has 7 heteroatoms. The summed E-state index contributed by atoms with van der Waals surface area (Å²) in [6.07, 6.45) is 0. The summed E-state index contributed by atoms with van der Waals surface area (Å²) in [5.74, 6) is -0.0937. The predicted molar refractivity (Wildman–Crippen MR) is 62.7 cm³/mol. The molecule has 0 saturated carbocycles. The zero-order valence-electron chi connectivity index (χ0n) is 10.3. The van der Waals surface area contributed by atoms with Crippen LogP contribution in [0.25, 0.3) is 0 Å². The minimum atomic E-state index is -0.284. The molecule has 17 heavy (non-hydrogen) atoms. The SMILES string of the molecule is CN(C)C(=O)NCCNC(=O)C1COCCN1. The normalized spacial score (nSPS) is 19.5. The molecule has 1 atom stereocenters. The van der Waals surface area contributed by atoms with Gasteiger partial charge in [-0.05, 0) is 0 Å². The molecule has 1 heterocycles. The van der Waals surface area contributed by atoms with Crippen LogP contribution in [0.2, 0.25) is 0 Å². The lowest BCUT2D eigenvalue weighted by Crippen LogP contribution is -2.52. The molecule has 0 aromatic rings. The van der Waals surface area contributed by atoms with Gasteiger partial charge in [-0.3, -0.25) is 4.79 Å². The van der Waals surface area contributed by atoms with Crippen molar-refractivity contribution in [2.75, 3.05) is 46.9 Å². The summed E-state index contributed by atoms with van der Waals surface area (Å²) in [7, 11) is 3.33. The van der Waals surface area contributed by atoms with Gasteiger partial charge in [-0.2, -0.15) is 0 Å². The zero-order chi connectivity index (χ0) is 12.7. The monoisotopic (exact) mass is 244 g/mol. The summed E-state index contributed by atoms with van der Waals surface area (Å²) < 4.78 is 5.18. The van der Waals surface area contributed by atoms with Crippen molar-refractivity contribution in [3.63, 3.8) is 0 Å². The number of nitrogens with zero attached hydrogens (tertiary/aromatic N) is 1. The van der Waals surface area contributed by atoms with Gasteiger partial charge in [-0.1, -0.05) is 0 Å². The van der Waals surface area contributed by atoms with E-state index in [1.807, 2.05) is 0 Å². The van der Waals surface area contributed by atoms with Gasteiger partial charge in [0, 0.05) is 33.7 Å². The molecule has 1 fully saturated rings. The van der Waals surface area contributed by atoms with Gasteiger partial charge < -0.3 is 25.6 Å². The standard InChI is InChI=1S/C10H20N4O3/c1-14(2)10(16)13-4-3-12-9(15)8-7-17-6-5-11-8/h8,11H,3-7H2,1-2H3,(H,12,15)(H,13,16). The molecular weight excluding hydrogens is 224 g/mol. The molecule has 0 aromatic carbocycles. The molecule has 0 radical (unpaired) electrons. The molecule has 1 unspecified atom stereocenters. The average Bonchev–Trinajstić information content (AvgIpc) is 2.35. The van der Waals surface area contributed by atoms with Gasteiger partial charge in [0.25, 0.3) is 0 Å². The number of hydrogen-bond donors (Lipinski definition) is 3. The molecule has 3 amide bonds. The smallest absolute Gasteiger partial charge is 0.316 e. The summed E-state index contributed by atoms with van der Waals surface area (Å²) >= 11 is 0. The Kier molecular flexibility index (Phi) is 5.71. The number of nitrogens with one attached hydrogen (secondary N) is 3. The number of morpholine rings is 1. The van der Waals surface area contributed by atoms with Crippen molar-refractivity contribution in [1.82, 2.24) is 20.9 Å². The summed E-state index contributed by atoms with van der Waals surface area (Å²) in [5.41, 5.74) is 0. The Hall–Kier alpha value is -1.34. The first-order chi connectivity index (χ1) is 8.11. The van der Waals surface area contributed by atoms with Gasteiger partial charge in [0.05, 0.1) is 13.2 Å². The maximum Gasteiger partial charge on any atom is 0.316 e. The fourth-order valence-electron chi connectivity index (χ4n) is 1.37. The van der Waals surface area contributed by atoms with Crippen molar-refractivity contribution < 1.29 is 14.3 Å². The van der Waals surface area contributed by atoms with Crippen LogP contribution in [-0.2, 0) is 9.53 Å². The highest BCUT2D eigenvalue weighted by Crippen LogP contribution is 1.92. The van der Waals surface area contributed by atoms with Crippen LogP contribution >= 0.6 is 0 Å². The predicted octanol–water partition coefficient (Wildman–Crippen LogP) is -1.64. The topological polar surface area (TPSA) is 82.7 Å². The Morgan fingerprint density at radius 1 is 1.35 bits per heavy atom. The quantitative estimate of drug-likeness (QED) is 0.518. The molecule has 1 aliphatic rings. The maximum absolute atomic E-state index is 11.6. The van der Waals surface area contributed by atoms with E-state index in [4.69, 9.17) is 4.74 Å². The number of carbonyl (C=O) groups is 2. The number of urea groups is 1. The maximum atomic E-state index is 11.6. The summed E-state index contributed by atoms with van der Waals surface area (Å²) in [4.78, 5) is 24.2. The van der Waals surface area contributed by atoms with Gasteiger partial charge in [-0.15, -0.1) is 0 Å². The first-order valence-electron chi connectivity index (χ1n) is 5.65. The highest BCUT2D eigenvalue weighted by molar-refractivity contribution is 5.82. The molecule has 7 nitrogen and oxygen atoms in total. The summed E-state index contributed by atoms with van der Waals surface area (Å²) in [6.45, 7) is 2.56. The van der Waals surface area contributed by atoms with E-state index in [9.17, 15) is 9.59 Å². The van der Waals surface area contributed by atoms with Crippen LogP contribution in [0.4, 0.5) is 4.79 Å². The van der Waals surface area contributed by atoms with Gasteiger partial charge >= 0.3 is 6.03 Å². The molecule has 1 aliphatic heterocycles. The van der Waals surface area contributed by atoms with Crippen LogP contribution in [-0.4, -0.2) is 69.8 Å². The third kappa shape index (κ3) is 5.01. The third-order valence-corrected chi connectivity index (χ3v) is 2.34. The second-order valence-corrected chi connectivity index (χ2v) is 4.00. The largest absolute Gasteiger partial charge is 0.378 e. The van der Waals surface area contributed by atoms with Crippen molar-refractivity contribution in [2.45, 2.75) is 6.04 Å². The van der Waals surface area contributed by atoms with E-state index in [2.05, 4.69) is 16.0 Å². The highest BCUT2D eigenvalue weighted by Gasteiger charge is 2.20. The highest BCUT2D eigenvalue weighted by atomic mass is 16.5. The lowest BCUT2D eigenvalue weighted by atomic mass is 10.2. The van der Waals surface area contributed by atoms with E-state index in [1.54, 1.807) is 14.1 Å². The third-order valence-electron chi connectivity index (χ3n) is 2.34. The van der Waals surface area contributed by atoms with Crippen LogP contribution in [0.15, 0.2) is 0 Å². The number of hydrogen-bond acceptors (Lipinski definition) is 4. The molecular formula is C10H20N4O3. The Labute approximate surface area is 101 Å². The van der Waals surface area contributed by atoms with Crippen LogP contribution in [0.1, 0.15) is 0 Å². The number of rotatable bonds is 4. The van der Waals surface area contributed by atoms with E-state index in [0.717, 1.165) is 0 Å². The number of carbonyl (C=O) groups excluding carboxylic acids is 2. The van der Waals surface area contributed by atoms with Crippen LogP contribution in [0.3, 0.4) is 0 Å². The number of amides is 3. The fourth-order valence-corrected chi connectivity index (χ4v) is 1.37. The first kappa shape index (κ1) is 13.7. The Morgan fingerprint density at radius 2 is 2.06 bits per heavy atom. The molecule has 0 spiro atoms. The van der Waals surface area contributed by atoms with Crippen LogP contribution < -0.4 is 16.0 Å². The van der Waals surface area contributed by atoms with Gasteiger partial charge in [0.15, 0.2) is 0 Å². The van der Waals surface area contributed by atoms with Crippen molar-refractivity contribution in [3.05, 3.63) is 0 Å². The van der Waals surface area contributed by atoms with Crippen LogP contribution in [0, 0.1) is 0 Å². The lowest BCUT2D eigenvalue weighted by Gasteiger charge is -2.23.